The smallest absolute Gasteiger partial charge is 0.101 e. The topological polar surface area (TPSA) is 30.9 Å². The van der Waals surface area contributed by atoms with E-state index in [0.717, 1.165) is 6.54 Å². The molecule has 0 saturated heterocycles. The summed E-state index contributed by atoms with van der Waals surface area (Å²) < 4.78 is 15.5. The molecule has 0 aromatic heterocycles. The van der Waals surface area contributed by atoms with E-state index in [0.29, 0.717) is 20.1 Å². The number of hydrogen-bond donors (Lipinski definition) is 0. The van der Waals surface area contributed by atoms with Crippen molar-refractivity contribution in [2.45, 2.75) is 20.0 Å². The molecule has 4 nitrogen and oxygen atoms in total. The molecule has 0 spiro atoms. The maximum Gasteiger partial charge on any atom is 0.101 e. The Labute approximate surface area is 80.8 Å². The SMILES string of the molecule is CCN(COC)COC(C)COC. The van der Waals surface area contributed by atoms with Crippen LogP contribution in [0.1, 0.15) is 13.8 Å². The summed E-state index contributed by atoms with van der Waals surface area (Å²) in [7, 11) is 3.36. The maximum atomic E-state index is 5.51. The van der Waals surface area contributed by atoms with Gasteiger partial charge in [-0.25, -0.2) is 0 Å². The number of rotatable bonds is 8. The lowest BCUT2D eigenvalue weighted by Gasteiger charge is -2.21. The van der Waals surface area contributed by atoms with E-state index in [1.165, 1.54) is 0 Å². The predicted octanol–water partition coefficient (Wildman–Crippen LogP) is 0.921. The van der Waals surface area contributed by atoms with Crippen molar-refractivity contribution >= 4 is 0 Å². The van der Waals surface area contributed by atoms with Crippen LogP contribution in [0.25, 0.3) is 0 Å². The van der Waals surface area contributed by atoms with E-state index < -0.39 is 0 Å². The van der Waals surface area contributed by atoms with Crippen LogP contribution >= 0.6 is 0 Å². The van der Waals surface area contributed by atoms with Gasteiger partial charge in [0, 0.05) is 14.2 Å². The van der Waals surface area contributed by atoms with Gasteiger partial charge in [0.05, 0.1) is 12.7 Å². The van der Waals surface area contributed by atoms with Crippen LogP contribution in [0.5, 0.6) is 0 Å². The van der Waals surface area contributed by atoms with E-state index in [2.05, 4.69) is 11.8 Å². The summed E-state index contributed by atoms with van der Waals surface area (Å²) in [6, 6.07) is 0. The standard InChI is InChI=1S/C9H21NO3/c1-5-10(7-12-4)8-13-9(2)6-11-3/h9H,5-8H2,1-4H3. The minimum atomic E-state index is 0.135. The predicted molar refractivity (Wildman–Crippen MR) is 51.5 cm³/mol. The lowest BCUT2D eigenvalue weighted by Crippen LogP contribution is -2.31. The van der Waals surface area contributed by atoms with Gasteiger partial charge >= 0.3 is 0 Å². The number of hydrogen-bond acceptors (Lipinski definition) is 4. The van der Waals surface area contributed by atoms with Gasteiger partial charge in [-0.05, 0) is 13.5 Å². The van der Waals surface area contributed by atoms with Gasteiger partial charge in [-0.3, -0.25) is 4.90 Å². The normalized spacial score (nSPS) is 13.6. The maximum absolute atomic E-state index is 5.51. The van der Waals surface area contributed by atoms with E-state index in [1.807, 2.05) is 6.92 Å². The molecule has 1 atom stereocenters. The molecule has 13 heavy (non-hydrogen) atoms. The molecule has 0 aromatic rings. The van der Waals surface area contributed by atoms with Crippen molar-refractivity contribution in [2.24, 2.45) is 0 Å². The van der Waals surface area contributed by atoms with Crippen LogP contribution in [0, 0.1) is 0 Å². The highest BCUT2D eigenvalue weighted by Gasteiger charge is 2.05. The monoisotopic (exact) mass is 191 g/mol. The Bertz CT molecular complexity index is 111. The lowest BCUT2D eigenvalue weighted by molar-refractivity contribution is -0.0717. The Kier molecular flexibility index (Phi) is 8.33. The summed E-state index contributed by atoms with van der Waals surface area (Å²) in [5, 5.41) is 0. The van der Waals surface area contributed by atoms with E-state index in [9.17, 15) is 0 Å². The largest absolute Gasteiger partial charge is 0.382 e. The molecule has 0 amide bonds. The highest BCUT2D eigenvalue weighted by molar-refractivity contribution is 4.47. The molecule has 80 valence electrons. The Morgan fingerprint density at radius 1 is 1.15 bits per heavy atom. The van der Waals surface area contributed by atoms with Crippen LogP contribution in [-0.2, 0) is 14.2 Å². The van der Waals surface area contributed by atoms with Gasteiger partial charge in [0.15, 0.2) is 0 Å². The van der Waals surface area contributed by atoms with Gasteiger partial charge in [-0.2, -0.15) is 0 Å². The molecular formula is C9H21NO3. The zero-order chi connectivity index (χ0) is 10.1. The first-order valence-electron chi connectivity index (χ1n) is 4.56. The third-order valence-corrected chi connectivity index (χ3v) is 1.70. The first kappa shape index (κ1) is 12.8. The Morgan fingerprint density at radius 2 is 1.85 bits per heavy atom. The van der Waals surface area contributed by atoms with Gasteiger partial charge in [0.1, 0.15) is 13.5 Å². The molecule has 0 N–H and O–H groups in total. The molecule has 0 aliphatic carbocycles. The zero-order valence-corrected chi connectivity index (χ0v) is 9.08. The van der Waals surface area contributed by atoms with Crippen molar-refractivity contribution in [3.63, 3.8) is 0 Å². The molecule has 0 rings (SSSR count). The molecular weight excluding hydrogens is 170 g/mol. The summed E-state index contributed by atoms with van der Waals surface area (Å²) >= 11 is 0. The van der Waals surface area contributed by atoms with Crippen molar-refractivity contribution < 1.29 is 14.2 Å². The molecule has 0 aliphatic heterocycles. The first-order chi connectivity index (χ1) is 6.24. The molecule has 0 saturated carbocycles. The minimum absolute atomic E-state index is 0.135. The molecule has 0 aliphatic rings. The van der Waals surface area contributed by atoms with E-state index >= 15 is 0 Å². The average molecular weight is 191 g/mol. The Hall–Kier alpha value is -0.160. The summed E-state index contributed by atoms with van der Waals surface area (Å²) in [5.74, 6) is 0. The summed E-state index contributed by atoms with van der Waals surface area (Å²) in [5.41, 5.74) is 0. The van der Waals surface area contributed by atoms with Gasteiger partial charge in [-0.15, -0.1) is 0 Å². The number of methoxy groups -OCH3 is 2. The highest BCUT2D eigenvalue weighted by Crippen LogP contribution is 1.95. The molecule has 0 aromatic carbocycles. The third-order valence-electron chi connectivity index (χ3n) is 1.70. The average Bonchev–Trinajstić information content (AvgIpc) is 2.12. The van der Waals surface area contributed by atoms with Crippen molar-refractivity contribution in [1.82, 2.24) is 4.90 Å². The van der Waals surface area contributed by atoms with Gasteiger partial charge < -0.3 is 14.2 Å². The molecule has 4 heteroatoms. The van der Waals surface area contributed by atoms with Crippen LogP contribution in [0.15, 0.2) is 0 Å². The molecule has 0 bridgehead atoms. The fourth-order valence-electron chi connectivity index (χ4n) is 0.918. The summed E-state index contributed by atoms with van der Waals surface area (Å²) in [6.45, 7) is 6.82. The second-order valence-electron chi connectivity index (χ2n) is 2.97. The molecule has 1 unspecified atom stereocenters. The van der Waals surface area contributed by atoms with Crippen molar-refractivity contribution in [2.75, 3.05) is 40.8 Å². The fraction of sp³-hybridized carbons (Fsp3) is 1.00. The second-order valence-corrected chi connectivity index (χ2v) is 2.97. The minimum Gasteiger partial charge on any atom is -0.382 e. The van der Waals surface area contributed by atoms with Gasteiger partial charge in [-0.1, -0.05) is 6.92 Å². The van der Waals surface area contributed by atoms with Crippen LogP contribution in [0.3, 0.4) is 0 Å². The van der Waals surface area contributed by atoms with Gasteiger partial charge in [0.25, 0.3) is 0 Å². The van der Waals surface area contributed by atoms with E-state index in [-0.39, 0.29) is 6.10 Å². The number of ether oxygens (including phenoxy) is 3. The van der Waals surface area contributed by atoms with Crippen molar-refractivity contribution in [1.29, 1.82) is 0 Å². The summed E-state index contributed by atoms with van der Waals surface area (Å²) in [6.07, 6.45) is 0.135. The zero-order valence-electron chi connectivity index (χ0n) is 9.08. The second kappa shape index (κ2) is 8.44. The van der Waals surface area contributed by atoms with Crippen molar-refractivity contribution in [3.8, 4) is 0 Å². The van der Waals surface area contributed by atoms with E-state index in [4.69, 9.17) is 14.2 Å². The van der Waals surface area contributed by atoms with Crippen LogP contribution in [0.4, 0.5) is 0 Å². The third kappa shape index (κ3) is 6.95. The van der Waals surface area contributed by atoms with Crippen LogP contribution < -0.4 is 0 Å². The Balaban J connectivity index is 3.46. The van der Waals surface area contributed by atoms with Crippen LogP contribution in [0.2, 0.25) is 0 Å². The van der Waals surface area contributed by atoms with Crippen LogP contribution in [-0.4, -0.2) is 51.8 Å². The molecule has 0 radical (unpaired) electrons. The Morgan fingerprint density at radius 3 is 2.31 bits per heavy atom. The van der Waals surface area contributed by atoms with Gasteiger partial charge in [0.2, 0.25) is 0 Å². The first-order valence-corrected chi connectivity index (χ1v) is 4.56. The highest BCUT2D eigenvalue weighted by atomic mass is 16.5. The number of nitrogens with zero attached hydrogens (tertiary/aromatic N) is 1. The van der Waals surface area contributed by atoms with Crippen molar-refractivity contribution in [3.05, 3.63) is 0 Å². The molecule has 0 heterocycles. The molecule has 0 fully saturated rings. The lowest BCUT2D eigenvalue weighted by atomic mass is 10.4. The van der Waals surface area contributed by atoms with E-state index in [1.54, 1.807) is 14.2 Å². The summed E-state index contributed by atoms with van der Waals surface area (Å²) in [4.78, 5) is 2.06. The fourth-order valence-corrected chi connectivity index (χ4v) is 0.918. The quantitative estimate of drug-likeness (QED) is 0.534.